The molecule has 1 aromatic carbocycles. The SMILES string of the molecule is CC(=O)O.COc1cc(-c2nn([C@H]3CC[C@@H](N4CCN(C)CC4)CC3)c3ncnc(N)c23)ccc1NCc1ccco1. The van der Waals surface area contributed by atoms with Gasteiger partial charge < -0.3 is 30.2 Å². The summed E-state index contributed by atoms with van der Waals surface area (Å²) >= 11 is 0. The van der Waals surface area contributed by atoms with E-state index < -0.39 is 5.97 Å². The van der Waals surface area contributed by atoms with Crippen LogP contribution in [0.5, 0.6) is 5.75 Å². The molecule has 1 aliphatic heterocycles. The van der Waals surface area contributed by atoms with E-state index in [0.717, 1.165) is 72.3 Å². The van der Waals surface area contributed by atoms with Gasteiger partial charge in [0, 0.05) is 44.7 Å². The van der Waals surface area contributed by atoms with Gasteiger partial charge in [-0.1, -0.05) is 6.07 Å². The van der Waals surface area contributed by atoms with E-state index in [1.165, 1.54) is 32.3 Å². The first-order valence-corrected chi connectivity index (χ1v) is 14.4. The van der Waals surface area contributed by atoms with Crippen molar-refractivity contribution in [2.45, 2.75) is 51.2 Å². The number of methoxy groups -OCH3 is 1. The third kappa shape index (κ3) is 6.66. The van der Waals surface area contributed by atoms with Crippen LogP contribution in [0.3, 0.4) is 0 Å². The Morgan fingerprint density at radius 2 is 1.83 bits per heavy atom. The molecule has 2 fully saturated rings. The summed E-state index contributed by atoms with van der Waals surface area (Å²) in [6.45, 7) is 6.29. The molecule has 224 valence electrons. The maximum atomic E-state index is 9.00. The summed E-state index contributed by atoms with van der Waals surface area (Å²) < 4.78 is 13.3. The zero-order valence-electron chi connectivity index (χ0n) is 24.5. The fourth-order valence-corrected chi connectivity index (χ4v) is 5.89. The van der Waals surface area contributed by atoms with Crippen LogP contribution in [0, 0.1) is 0 Å². The highest BCUT2D eigenvalue weighted by atomic mass is 16.5. The quantitative estimate of drug-likeness (QED) is 0.292. The Bertz CT molecular complexity index is 1470. The number of nitrogen functional groups attached to an aromatic ring is 1. The highest BCUT2D eigenvalue weighted by Gasteiger charge is 2.30. The number of fused-ring (bicyclic) bond motifs is 1. The van der Waals surface area contributed by atoms with E-state index in [0.29, 0.717) is 24.4 Å². The van der Waals surface area contributed by atoms with Crippen LogP contribution in [-0.2, 0) is 11.3 Å². The smallest absolute Gasteiger partial charge is 0.300 e. The van der Waals surface area contributed by atoms with E-state index in [4.69, 9.17) is 29.9 Å². The predicted octanol–water partition coefficient (Wildman–Crippen LogP) is 4.11. The van der Waals surface area contributed by atoms with Crippen LogP contribution in [0.1, 0.15) is 44.4 Å². The number of piperazine rings is 1. The van der Waals surface area contributed by atoms with Crippen LogP contribution in [0.25, 0.3) is 22.3 Å². The zero-order chi connectivity index (χ0) is 29.6. The molecule has 4 heterocycles. The molecule has 1 aliphatic carbocycles. The van der Waals surface area contributed by atoms with Gasteiger partial charge in [0.25, 0.3) is 5.97 Å². The maximum absolute atomic E-state index is 9.00. The average Bonchev–Trinajstić information content (AvgIpc) is 3.65. The molecule has 0 spiro atoms. The van der Waals surface area contributed by atoms with E-state index in [2.05, 4.69) is 36.8 Å². The van der Waals surface area contributed by atoms with Crippen molar-refractivity contribution in [1.82, 2.24) is 29.5 Å². The molecule has 0 atom stereocenters. The number of nitrogens with two attached hydrogens (primary N) is 1. The molecule has 1 saturated carbocycles. The van der Waals surface area contributed by atoms with Gasteiger partial charge in [-0.3, -0.25) is 9.69 Å². The number of carboxylic acid groups (broad SMARTS) is 1. The number of furan rings is 1. The molecule has 12 heteroatoms. The van der Waals surface area contributed by atoms with Crippen LogP contribution in [0.15, 0.2) is 47.3 Å². The molecule has 4 aromatic rings. The first-order chi connectivity index (χ1) is 20.3. The van der Waals surface area contributed by atoms with Crippen LogP contribution in [0.2, 0.25) is 0 Å². The van der Waals surface area contributed by atoms with Gasteiger partial charge in [-0.2, -0.15) is 5.10 Å². The van der Waals surface area contributed by atoms with Gasteiger partial charge in [0.2, 0.25) is 0 Å². The molecule has 42 heavy (non-hydrogen) atoms. The fourth-order valence-electron chi connectivity index (χ4n) is 5.89. The molecular weight excluding hydrogens is 536 g/mol. The predicted molar refractivity (Wildman–Crippen MR) is 161 cm³/mol. The van der Waals surface area contributed by atoms with Crippen molar-refractivity contribution in [2.24, 2.45) is 0 Å². The Labute approximate surface area is 245 Å². The number of likely N-dealkylation sites (N-methyl/N-ethyl adjacent to an activating group) is 1. The number of carbonyl (C=O) groups is 1. The lowest BCUT2D eigenvalue weighted by Crippen LogP contribution is -2.49. The molecule has 0 radical (unpaired) electrons. The highest BCUT2D eigenvalue weighted by Crippen LogP contribution is 2.39. The molecule has 1 saturated heterocycles. The molecule has 3 aromatic heterocycles. The van der Waals surface area contributed by atoms with E-state index >= 15 is 0 Å². The number of nitrogens with one attached hydrogen (secondary N) is 1. The van der Waals surface area contributed by atoms with E-state index in [1.807, 2.05) is 30.3 Å². The number of aromatic nitrogens is 4. The lowest BCUT2D eigenvalue weighted by atomic mass is 9.90. The first kappa shape index (κ1) is 29.3. The normalized spacial score (nSPS) is 19.7. The number of hydrogen-bond acceptors (Lipinski definition) is 10. The van der Waals surface area contributed by atoms with Gasteiger partial charge in [-0.25, -0.2) is 14.6 Å². The second kappa shape index (κ2) is 13.2. The van der Waals surface area contributed by atoms with Crippen molar-refractivity contribution < 1.29 is 19.1 Å². The minimum absolute atomic E-state index is 0.292. The summed E-state index contributed by atoms with van der Waals surface area (Å²) in [5.41, 5.74) is 9.78. The molecule has 0 unspecified atom stereocenters. The van der Waals surface area contributed by atoms with Crippen molar-refractivity contribution >= 4 is 28.5 Å². The van der Waals surface area contributed by atoms with Crippen molar-refractivity contribution in [1.29, 1.82) is 0 Å². The molecule has 12 nitrogen and oxygen atoms in total. The standard InChI is InChI=1S/C28H36N8O2.C2H4O2/c1-34-11-13-35(14-12-34)20-6-8-21(9-7-20)36-28-25(27(29)31-18-32-28)26(33-36)19-5-10-23(24(16-19)37-2)30-17-22-4-3-15-38-22;1-2(3)4/h3-5,10,15-16,18,20-21,30H,6-9,11-14,17H2,1-2H3,(H2,29,31,32);1H3,(H,3,4)/t20-,21+;. The summed E-state index contributed by atoms with van der Waals surface area (Å²) in [5, 5.41) is 16.7. The van der Waals surface area contributed by atoms with E-state index in [1.54, 1.807) is 13.4 Å². The number of carboxylic acids is 1. The van der Waals surface area contributed by atoms with Gasteiger partial charge in [-0.15, -0.1) is 0 Å². The average molecular weight is 577 g/mol. The van der Waals surface area contributed by atoms with Crippen LogP contribution in [0.4, 0.5) is 11.5 Å². The molecule has 6 rings (SSSR count). The molecule has 0 bridgehead atoms. The van der Waals surface area contributed by atoms with Crippen LogP contribution in [-0.4, -0.2) is 87.0 Å². The third-order valence-electron chi connectivity index (χ3n) is 8.09. The Balaban J connectivity index is 0.000000830. The summed E-state index contributed by atoms with van der Waals surface area (Å²) in [4.78, 5) is 23.0. The van der Waals surface area contributed by atoms with Gasteiger partial charge >= 0.3 is 0 Å². The number of anilines is 2. The summed E-state index contributed by atoms with van der Waals surface area (Å²) in [5.74, 6) is 1.19. The summed E-state index contributed by atoms with van der Waals surface area (Å²) in [6.07, 6.45) is 7.72. The van der Waals surface area contributed by atoms with Crippen molar-refractivity contribution in [3.8, 4) is 17.0 Å². The number of hydrogen-bond donors (Lipinski definition) is 3. The topological polar surface area (TPSA) is 148 Å². The Hall–Kier alpha value is -4.16. The molecular formula is C30H40N8O4. The number of rotatable bonds is 7. The van der Waals surface area contributed by atoms with Crippen molar-refractivity contribution in [3.05, 3.63) is 48.7 Å². The first-order valence-electron chi connectivity index (χ1n) is 14.4. The minimum atomic E-state index is -0.833. The summed E-state index contributed by atoms with van der Waals surface area (Å²) in [6, 6.07) is 10.8. The molecule has 0 amide bonds. The minimum Gasteiger partial charge on any atom is -0.495 e. The summed E-state index contributed by atoms with van der Waals surface area (Å²) in [7, 11) is 3.88. The molecule has 2 aliphatic rings. The highest BCUT2D eigenvalue weighted by molar-refractivity contribution is 5.98. The second-order valence-corrected chi connectivity index (χ2v) is 10.9. The zero-order valence-corrected chi connectivity index (χ0v) is 24.5. The number of nitrogens with zero attached hydrogens (tertiary/aromatic N) is 6. The van der Waals surface area contributed by atoms with Gasteiger partial charge in [-0.05, 0) is 57.0 Å². The van der Waals surface area contributed by atoms with E-state index in [-0.39, 0.29) is 0 Å². The molecule has 4 N–H and O–H groups in total. The Kier molecular flexibility index (Phi) is 9.23. The van der Waals surface area contributed by atoms with E-state index in [9.17, 15) is 0 Å². The van der Waals surface area contributed by atoms with Gasteiger partial charge in [0.05, 0.1) is 37.0 Å². The van der Waals surface area contributed by atoms with Crippen LogP contribution >= 0.6 is 0 Å². The van der Waals surface area contributed by atoms with Crippen molar-refractivity contribution in [2.75, 3.05) is 51.4 Å². The van der Waals surface area contributed by atoms with Gasteiger partial charge in [0.1, 0.15) is 29.3 Å². The Morgan fingerprint density at radius 3 is 2.50 bits per heavy atom. The van der Waals surface area contributed by atoms with Crippen molar-refractivity contribution in [3.63, 3.8) is 0 Å². The number of aliphatic carboxylic acids is 1. The monoisotopic (exact) mass is 576 g/mol. The third-order valence-corrected chi connectivity index (χ3v) is 8.09. The second-order valence-electron chi connectivity index (χ2n) is 10.9. The fraction of sp³-hybridized carbons (Fsp3) is 0.467. The maximum Gasteiger partial charge on any atom is 0.300 e. The largest absolute Gasteiger partial charge is 0.495 e. The lowest BCUT2D eigenvalue weighted by Gasteiger charge is -2.41. The van der Waals surface area contributed by atoms with Crippen LogP contribution < -0.4 is 15.8 Å². The number of benzene rings is 1. The lowest BCUT2D eigenvalue weighted by molar-refractivity contribution is -0.134. The van der Waals surface area contributed by atoms with Gasteiger partial charge in [0.15, 0.2) is 5.65 Å². The number of ether oxygens (including phenoxy) is 1. The Morgan fingerprint density at radius 1 is 1.12 bits per heavy atom.